The molecular weight excluding hydrogens is 288 g/mol. The van der Waals surface area contributed by atoms with Gasteiger partial charge in [-0.2, -0.15) is 0 Å². The quantitative estimate of drug-likeness (QED) is 0.910. The van der Waals surface area contributed by atoms with E-state index >= 15 is 0 Å². The van der Waals surface area contributed by atoms with Gasteiger partial charge in [0.2, 0.25) is 0 Å². The van der Waals surface area contributed by atoms with Crippen molar-refractivity contribution in [2.45, 2.75) is 19.4 Å². The van der Waals surface area contributed by atoms with Crippen molar-refractivity contribution >= 4 is 15.9 Å². The number of nitrogens with zero attached hydrogens (tertiary/aromatic N) is 1. The van der Waals surface area contributed by atoms with E-state index in [9.17, 15) is 0 Å². The standard InChI is InChI=1S/C15H17BrN2/c1-12(14-6-2-3-7-15(14)16)18-10-8-13-5-4-9-17-11-13/h2-7,9,11-12,18H,8,10H2,1H3. The molecule has 0 spiro atoms. The van der Waals surface area contributed by atoms with Gasteiger partial charge in [-0.25, -0.2) is 0 Å². The van der Waals surface area contributed by atoms with Gasteiger partial charge >= 0.3 is 0 Å². The zero-order valence-electron chi connectivity index (χ0n) is 10.4. The first-order chi connectivity index (χ1) is 8.77. The van der Waals surface area contributed by atoms with Crippen LogP contribution in [0.3, 0.4) is 0 Å². The molecule has 0 aliphatic carbocycles. The van der Waals surface area contributed by atoms with Crippen LogP contribution in [0, 0.1) is 0 Å². The summed E-state index contributed by atoms with van der Waals surface area (Å²) in [6.07, 6.45) is 4.73. The molecule has 1 unspecified atom stereocenters. The minimum absolute atomic E-state index is 0.345. The van der Waals surface area contributed by atoms with E-state index in [1.54, 1.807) is 6.20 Å². The summed E-state index contributed by atoms with van der Waals surface area (Å²) in [7, 11) is 0. The topological polar surface area (TPSA) is 24.9 Å². The largest absolute Gasteiger partial charge is 0.310 e. The molecule has 0 amide bonds. The maximum Gasteiger partial charge on any atom is 0.0303 e. The zero-order chi connectivity index (χ0) is 12.8. The fraction of sp³-hybridized carbons (Fsp3) is 0.267. The summed E-state index contributed by atoms with van der Waals surface area (Å²) in [4.78, 5) is 4.12. The number of aromatic nitrogens is 1. The molecule has 94 valence electrons. The summed E-state index contributed by atoms with van der Waals surface area (Å²) in [5.74, 6) is 0. The van der Waals surface area contributed by atoms with Crippen LogP contribution in [0.2, 0.25) is 0 Å². The molecule has 0 bridgehead atoms. The van der Waals surface area contributed by atoms with Crippen LogP contribution < -0.4 is 5.32 Å². The Bertz CT molecular complexity index is 485. The summed E-state index contributed by atoms with van der Waals surface area (Å²) < 4.78 is 1.16. The van der Waals surface area contributed by atoms with Crippen LogP contribution in [-0.2, 0) is 6.42 Å². The summed E-state index contributed by atoms with van der Waals surface area (Å²) in [5, 5.41) is 3.53. The third kappa shape index (κ3) is 3.65. The molecule has 18 heavy (non-hydrogen) atoms. The fourth-order valence-corrected chi connectivity index (χ4v) is 2.54. The average Bonchev–Trinajstić information content (AvgIpc) is 2.40. The zero-order valence-corrected chi connectivity index (χ0v) is 12.0. The number of benzene rings is 1. The van der Waals surface area contributed by atoms with Gasteiger partial charge in [0, 0.05) is 22.9 Å². The molecule has 1 N–H and O–H groups in total. The van der Waals surface area contributed by atoms with E-state index in [1.807, 2.05) is 18.3 Å². The summed E-state index contributed by atoms with van der Waals surface area (Å²) in [6.45, 7) is 3.14. The number of hydrogen-bond donors (Lipinski definition) is 1. The highest BCUT2D eigenvalue weighted by atomic mass is 79.9. The normalized spacial score (nSPS) is 12.3. The van der Waals surface area contributed by atoms with Crippen molar-refractivity contribution in [1.82, 2.24) is 10.3 Å². The molecular formula is C15H17BrN2. The summed E-state index contributed by atoms with van der Waals surface area (Å²) in [5.41, 5.74) is 2.56. The van der Waals surface area contributed by atoms with Crippen molar-refractivity contribution in [3.05, 3.63) is 64.4 Å². The highest BCUT2D eigenvalue weighted by Gasteiger charge is 2.07. The Labute approximate surface area is 117 Å². The lowest BCUT2D eigenvalue weighted by molar-refractivity contribution is 0.575. The molecule has 0 saturated heterocycles. The van der Waals surface area contributed by atoms with E-state index in [1.165, 1.54) is 11.1 Å². The van der Waals surface area contributed by atoms with Crippen LogP contribution in [0.5, 0.6) is 0 Å². The highest BCUT2D eigenvalue weighted by molar-refractivity contribution is 9.10. The van der Waals surface area contributed by atoms with Crippen LogP contribution in [0.1, 0.15) is 24.1 Å². The van der Waals surface area contributed by atoms with Crippen molar-refractivity contribution in [3.63, 3.8) is 0 Å². The van der Waals surface area contributed by atoms with Crippen LogP contribution in [0.4, 0.5) is 0 Å². The third-order valence-electron chi connectivity index (χ3n) is 2.96. The third-order valence-corrected chi connectivity index (χ3v) is 3.68. The Hall–Kier alpha value is -1.19. The lowest BCUT2D eigenvalue weighted by Gasteiger charge is -2.15. The van der Waals surface area contributed by atoms with E-state index in [2.05, 4.69) is 57.4 Å². The van der Waals surface area contributed by atoms with Gasteiger partial charge in [-0.3, -0.25) is 4.98 Å². The highest BCUT2D eigenvalue weighted by Crippen LogP contribution is 2.22. The van der Waals surface area contributed by atoms with Crippen molar-refractivity contribution in [2.75, 3.05) is 6.54 Å². The Morgan fingerprint density at radius 1 is 1.22 bits per heavy atom. The Kier molecular flexibility index (Phi) is 4.90. The molecule has 0 fully saturated rings. The van der Waals surface area contributed by atoms with Gasteiger partial charge in [0.25, 0.3) is 0 Å². The summed E-state index contributed by atoms with van der Waals surface area (Å²) in [6, 6.07) is 12.8. The molecule has 1 heterocycles. The summed E-state index contributed by atoms with van der Waals surface area (Å²) >= 11 is 3.58. The van der Waals surface area contributed by atoms with Gasteiger partial charge in [-0.1, -0.05) is 40.2 Å². The maximum atomic E-state index is 4.12. The number of nitrogens with one attached hydrogen (secondary N) is 1. The van der Waals surface area contributed by atoms with E-state index in [0.717, 1.165) is 17.4 Å². The first-order valence-electron chi connectivity index (χ1n) is 6.14. The van der Waals surface area contributed by atoms with Gasteiger partial charge in [-0.15, -0.1) is 0 Å². The van der Waals surface area contributed by atoms with Crippen molar-refractivity contribution in [3.8, 4) is 0 Å². The van der Waals surface area contributed by atoms with E-state index < -0.39 is 0 Å². The first kappa shape index (κ1) is 13.2. The molecule has 0 radical (unpaired) electrons. The molecule has 1 aromatic carbocycles. The smallest absolute Gasteiger partial charge is 0.0303 e. The lowest BCUT2D eigenvalue weighted by atomic mass is 10.1. The second-order valence-corrected chi connectivity index (χ2v) is 5.16. The number of halogens is 1. The molecule has 0 aliphatic rings. The van der Waals surface area contributed by atoms with Crippen molar-refractivity contribution in [1.29, 1.82) is 0 Å². The van der Waals surface area contributed by atoms with Gasteiger partial charge in [-0.05, 0) is 43.1 Å². The predicted octanol–water partition coefficient (Wildman–Crippen LogP) is 3.74. The average molecular weight is 305 g/mol. The van der Waals surface area contributed by atoms with Gasteiger partial charge < -0.3 is 5.32 Å². The SMILES string of the molecule is CC(NCCc1cccnc1)c1ccccc1Br. The van der Waals surface area contributed by atoms with Gasteiger partial charge in [0.15, 0.2) is 0 Å². The fourth-order valence-electron chi connectivity index (χ4n) is 1.92. The van der Waals surface area contributed by atoms with Crippen LogP contribution >= 0.6 is 15.9 Å². The molecule has 1 atom stereocenters. The molecule has 2 rings (SSSR count). The molecule has 2 nitrogen and oxygen atoms in total. The van der Waals surface area contributed by atoms with E-state index in [4.69, 9.17) is 0 Å². The van der Waals surface area contributed by atoms with Crippen LogP contribution in [0.25, 0.3) is 0 Å². The maximum absolute atomic E-state index is 4.12. The Morgan fingerprint density at radius 3 is 2.78 bits per heavy atom. The van der Waals surface area contributed by atoms with E-state index in [-0.39, 0.29) is 0 Å². The lowest BCUT2D eigenvalue weighted by Crippen LogP contribution is -2.21. The minimum atomic E-state index is 0.345. The first-order valence-corrected chi connectivity index (χ1v) is 6.93. The Balaban J connectivity index is 1.86. The number of hydrogen-bond acceptors (Lipinski definition) is 2. The van der Waals surface area contributed by atoms with Gasteiger partial charge in [0.05, 0.1) is 0 Å². The molecule has 3 heteroatoms. The number of pyridine rings is 1. The van der Waals surface area contributed by atoms with Gasteiger partial charge in [0.1, 0.15) is 0 Å². The number of rotatable bonds is 5. The second kappa shape index (κ2) is 6.66. The van der Waals surface area contributed by atoms with Crippen LogP contribution in [0.15, 0.2) is 53.3 Å². The van der Waals surface area contributed by atoms with E-state index in [0.29, 0.717) is 6.04 Å². The molecule has 1 aromatic heterocycles. The van der Waals surface area contributed by atoms with Crippen molar-refractivity contribution < 1.29 is 0 Å². The predicted molar refractivity (Wildman–Crippen MR) is 78.5 cm³/mol. The van der Waals surface area contributed by atoms with Crippen LogP contribution in [-0.4, -0.2) is 11.5 Å². The monoisotopic (exact) mass is 304 g/mol. The molecule has 0 saturated carbocycles. The Morgan fingerprint density at radius 2 is 2.06 bits per heavy atom. The minimum Gasteiger partial charge on any atom is -0.310 e. The molecule has 2 aromatic rings. The molecule has 0 aliphatic heterocycles. The van der Waals surface area contributed by atoms with Crippen molar-refractivity contribution in [2.24, 2.45) is 0 Å². The second-order valence-electron chi connectivity index (χ2n) is 4.31.